The minimum atomic E-state index is -4.01. The molecule has 2 aromatic carbocycles. The SMILES string of the molecule is CCC(=O)Nc1cc(S(=O)(=O)Nc2cc(OC)c(Cl)cc2OC)ccc1OC. The molecule has 0 saturated heterocycles. The maximum absolute atomic E-state index is 12.9. The third kappa shape index (κ3) is 4.79. The van der Waals surface area contributed by atoms with E-state index in [0.717, 1.165) is 0 Å². The van der Waals surface area contributed by atoms with Gasteiger partial charge in [-0.25, -0.2) is 8.42 Å². The van der Waals surface area contributed by atoms with Crippen LogP contribution in [0.25, 0.3) is 0 Å². The number of hydrogen-bond acceptors (Lipinski definition) is 6. The number of halogens is 1. The molecule has 8 nitrogen and oxygen atoms in total. The lowest BCUT2D eigenvalue weighted by atomic mass is 10.3. The fourth-order valence-corrected chi connectivity index (χ4v) is 3.65. The standard InChI is InChI=1S/C18H21ClN2O6S/c1-5-18(22)20-13-8-11(6-7-15(13)25-2)28(23,24)21-14-10-16(26-3)12(19)9-17(14)27-4/h6-10,21H,5H2,1-4H3,(H,20,22). The maximum Gasteiger partial charge on any atom is 0.262 e. The van der Waals surface area contributed by atoms with E-state index in [9.17, 15) is 13.2 Å². The molecule has 0 heterocycles. The van der Waals surface area contributed by atoms with E-state index in [4.69, 9.17) is 25.8 Å². The van der Waals surface area contributed by atoms with Gasteiger partial charge in [-0.2, -0.15) is 0 Å². The minimum Gasteiger partial charge on any atom is -0.495 e. The maximum atomic E-state index is 12.9. The molecule has 0 radical (unpaired) electrons. The zero-order valence-electron chi connectivity index (χ0n) is 15.8. The summed E-state index contributed by atoms with van der Waals surface area (Å²) in [4.78, 5) is 11.6. The van der Waals surface area contributed by atoms with Gasteiger partial charge in [0.15, 0.2) is 0 Å². The Morgan fingerprint density at radius 3 is 2.18 bits per heavy atom. The Morgan fingerprint density at radius 2 is 1.61 bits per heavy atom. The van der Waals surface area contributed by atoms with Gasteiger partial charge in [0, 0.05) is 18.6 Å². The Hall–Kier alpha value is -2.65. The van der Waals surface area contributed by atoms with Crippen LogP contribution in [0.15, 0.2) is 35.2 Å². The number of anilines is 2. The number of benzene rings is 2. The molecule has 2 N–H and O–H groups in total. The van der Waals surface area contributed by atoms with Crippen molar-refractivity contribution in [3.8, 4) is 17.2 Å². The lowest BCUT2D eigenvalue weighted by Crippen LogP contribution is -2.15. The second-order valence-electron chi connectivity index (χ2n) is 5.56. The van der Waals surface area contributed by atoms with E-state index < -0.39 is 10.0 Å². The highest BCUT2D eigenvalue weighted by molar-refractivity contribution is 7.92. The molecule has 0 aromatic heterocycles. The average molecular weight is 429 g/mol. The number of nitrogens with one attached hydrogen (secondary N) is 2. The summed E-state index contributed by atoms with van der Waals surface area (Å²) < 4.78 is 43.7. The summed E-state index contributed by atoms with van der Waals surface area (Å²) in [6.07, 6.45) is 0.236. The van der Waals surface area contributed by atoms with E-state index in [1.54, 1.807) is 6.92 Å². The monoisotopic (exact) mass is 428 g/mol. The zero-order chi connectivity index (χ0) is 20.9. The van der Waals surface area contributed by atoms with Crippen LogP contribution in [-0.4, -0.2) is 35.7 Å². The highest BCUT2D eigenvalue weighted by atomic mass is 35.5. The second kappa shape index (κ2) is 9.03. The van der Waals surface area contributed by atoms with E-state index in [1.165, 1.54) is 51.7 Å². The summed E-state index contributed by atoms with van der Waals surface area (Å²) in [5.41, 5.74) is 0.400. The highest BCUT2D eigenvalue weighted by Gasteiger charge is 2.20. The van der Waals surface area contributed by atoms with Crippen molar-refractivity contribution in [3.63, 3.8) is 0 Å². The summed E-state index contributed by atoms with van der Waals surface area (Å²) in [6.45, 7) is 1.68. The number of rotatable bonds is 8. The van der Waals surface area contributed by atoms with Gasteiger partial charge in [0.05, 0.1) is 42.6 Å². The molecule has 2 rings (SSSR count). The Balaban J connectivity index is 2.45. The molecule has 0 fully saturated rings. The van der Waals surface area contributed by atoms with E-state index in [0.29, 0.717) is 5.75 Å². The normalized spacial score (nSPS) is 10.9. The smallest absolute Gasteiger partial charge is 0.262 e. The number of sulfonamides is 1. The van der Waals surface area contributed by atoms with Crippen molar-refractivity contribution < 1.29 is 27.4 Å². The summed E-state index contributed by atoms with van der Waals surface area (Å²) in [5.74, 6) is 0.574. The fraction of sp³-hybridized carbons (Fsp3) is 0.278. The molecule has 152 valence electrons. The van der Waals surface area contributed by atoms with Crippen molar-refractivity contribution in [1.29, 1.82) is 0 Å². The molecule has 0 aliphatic rings. The molecule has 28 heavy (non-hydrogen) atoms. The minimum absolute atomic E-state index is 0.0735. The molecule has 0 bridgehead atoms. The highest BCUT2D eigenvalue weighted by Crippen LogP contribution is 2.37. The first kappa shape index (κ1) is 21.6. The van der Waals surface area contributed by atoms with E-state index in [1.807, 2.05) is 0 Å². The van der Waals surface area contributed by atoms with Gasteiger partial charge in [-0.1, -0.05) is 18.5 Å². The van der Waals surface area contributed by atoms with Gasteiger partial charge < -0.3 is 19.5 Å². The van der Waals surface area contributed by atoms with Crippen LogP contribution in [0.5, 0.6) is 17.2 Å². The van der Waals surface area contributed by atoms with Crippen LogP contribution in [0.2, 0.25) is 5.02 Å². The third-order valence-corrected chi connectivity index (χ3v) is 5.45. The Kier molecular flexibility index (Phi) is 6.98. The van der Waals surface area contributed by atoms with Gasteiger partial charge in [0.2, 0.25) is 5.91 Å². The van der Waals surface area contributed by atoms with Crippen molar-refractivity contribution in [2.75, 3.05) is 31.4 Å². The van der Waals surface area contributed by atoms with Gasteiger partial charge in [-0.15, -0.1) is 0 Å². The van der Waals surface area contributed by atoms with E-state index in [-0.39, 0.29) is 45.1 Å². The predicted octanol–water partition coefficient (Wildman–Crippen LogP) is 3.52. The Bertz CT molecular complexity index is 978. The van der Waals surface area contributed by atoms with Crippen molar-refractivity contribution >= 4 is 38.9 Å². The molecule has 2 aromatic rings. The number of amides is 1. The number of carbonyl (C=O) groups excluding carboxylic acids is 1. The summed E-state index contributed by atoms with van der Waals surface area (Å²) >= 11 is 6.05. The summed E-state index contributed by atoms with van der Waals surface area (Å²) in [6, 6.07) is 7.00. The molecule has 0 spiro atoms. The topological polar surface area (TPSA) is 103 Å². The molecular formula is C18H21ClN2O6S. The van der Waals surface area contributed by atoms with Crippen molar-refractivity contribution in [1.82, 2.24) is 0 Å². The fourth-order valence-electron chi connectivity index (χ4n) is 2.33. The molecule has 0 aliphatic heterocycles. The predicted molar refractivity (Wildman–Crippen MR) is 107 cm³/mol. The molecule has 0 saturated carbocycles. The van der Waals surface area contributed by atoms with Crippen molar-refractivity contribution in [2.24, 2.45) is 0 Å². The number of ether oxygens (including phenoxy) is 3. The molecule has 10 heteroatoms. The molecule has 0 unspecified atom stereocenters. The average Bonchev–Trinajstić information content (AvgIpc) is 2.68. The first-order chi connectivity index (χ1) is 13.2. The van der Waals surface area contributed by atoms with Crippen LogP contribution < -0.4 is 24.2 Å². The van der Waals surface area contributed by atoms with Crippen LogP contribution in [0, 0.1) is 0 Å². The molecular weight excluding hydrogens is 408 g/mol. The molecule has 0 aliphatic carbocycles. The van der Waals surface area contributed by atoms with Crippen LogP contribution >= 0.6 is 11.6 Å². The van der Waals surface area contributed by atoms with Gasteiger partial charge in [0.1, 0.15) is 17.2 Å². The van der Waals surface area contributed by atoms with Gasteiger partial charge in [-0.05, 0) is 18.2 Å². The lowest BCUT2D eigenvalue weighted by molar-refractivity contribution is -0.115. The lowest BCUT2D eigenvalue weighted by Gasteiger charge is -2.16. The number of methoxy groups -OCH3 is 3. The first-order valence-corrected chi connectivity index (χ1v) is 10.0. The molecule has 0 atom stereocenters. The quantitative estimate of drug-likeness (QED) is 0.666. The summed E-state index contributed by atoms with van der Waals surface area (Å²) in [5, 5.41) is 2.89. The second-order valence-corrected chi connectivity index (χ2v) is 7.65. The van der Waals surface area contributed by atoms with E-state index in [2.05, 4.69) is 10.0 Å². The summed E-state index contributed by atoms with van der Waals surface area (Å²) in [7, 11) is 0.221. The number of hydrogen-bond donors (Lipinski definition) is 2. The van der Waals surface area contributed by atoms with Crippen LogP contribution in [-0.2, 0) is 14.8 Å². The zero-order valence-corrected chi connectivity index (χ0v) is 17.4. The largest absolute Gasteiger partial charge is 0.495 e. The van der Waals surface area contributed by atoms with E-state index >= 15 is 0 Å². The van der Waals surface area contributed by atoms with Gasteiger partial charge in [0.25, 0.3) is 10.0 Å². The van der Waals surface area contributed by atoms with Crippen LogP contribution in [0.3, 0.4) is 0 Å². The van der Waals surface area contributed by atoms with Gasteiger partial charge in [-0.3, -0.25) is 9.52 Å². The first-order valence-electron chi connectivity index (χ1n) is 8.18. The van der Waals surface area contributed by atoms with Crippen molar-refractivity contribution in [3.05, 3.63) is 35.4 Å². The van der Waals surface area contributed by atoms with Crippen LogP contribution in [0.4, 0.5) is 11.4 Å². The van der Waals surface area contributed by atoms with Crippen molar-refractivity contribution in [2.45, 2.75) is 18.2 Å². The Morgan fingerprint density at radius 1 is 0.964 bits per heavy atom. The molecule has 1 amide bonds. The Labute approximate surface area is 168 Å². The van der Waals surface area contributed by atoms with Crippen LogP contribution in [0.1, 0.15) is 13.3 Å². The third-order valence-electron chi connectivity index (χ3n) is 3.79. The van der Waals surface area contributed by atoms with Gasteiger partial charge >= 0.3 is 0 Å². The number of carbonyl (C=O) groups is 1.